The van der Waals surface area contributed by atoms with Crippen molar-refractivity contribution in [3.05, 3.63) is 105 Å². The molecule has 1 amide bonds. The van der Waals surface area contributed by atoms with Crippen molar-refractivity contribution in [2.75, 3.05) is 0 Å². The quantitative estimate of drug-likeness (QED) is 0.298. The van der Waals surface area contributed by atoms with Crippen LogP contribution in [0.2, 0.25) is 0 Å². The van der Waals surface area contributed by atoms with Crippen molar-refractivity contribution in [1.29, 1.82) is 0 Å². The zero-order chi connectivity index (χ0) is 24.2. The van der Waals surface area contributed by atoms with Crippen molar-refractivity contribution in [3.63, 3.8) is 0 Å². The highest BCUT2D eigenvalue weighted by Gasteiger charge is 2.17. The van der Waals surface area contributed by atoms with E-state index in [0.717, 1.165) is 22.6 Å². The number of benzene rings is 2. The first kappa shape index (κ1) is 22.8. The highest BCUT2D eigenvalue weighted by atomic mass is 16.6. The molecule has 0 saturated carbocycles. The lowest BCUT2D eigenvalue weighted by Gasteiger charge is -2.07. The lowest BCUT2D eigenvalue weighted by Crippen LogP contribution is -2.23. The molecular weight excluding hydrogens is 436 g/mol. The van der Waals surface area contributed by atoms with Gasteiger partial charge in [0, 0.05) is 29.4 Å². The fourth-order valence-electron chi connectivity index (χ4n) is 3.66. The van der Waals surface area contributed by atoms with Gasteiger partial charge in [0.25, 0.3) is 11.6 Å². The largest absolute Gasteiger partial charge is 0.486 e. The first-order valence-corrected chi connectivity index (χ1v) is 10.7. The minimum Gasteiger partial charge on any atom is -0.486 e. The Balaban J connectivity index is 1.37. The number of nitrogens with one attached hydrogen (secondary N) is 1. The van der Waals surface area contributed by atoms with Gasteiger partial charge in [-0.05, 0) is 57.2 Å². The number of hydrogen-bond donors (Lipinski definition) is 1. The first-order chi connectivity index (χ1) is 16.3. The van der Waals surface area contributed by atoms with E-state index >= 15 is 0 Å². The van der Waals surface area contributed by atoms with Crippen molar-refractivity contribution in [1.82, 2.24) is 15.1 Å². The fourth-order valence-corrected chi connectivity index (χ4v) is 3.66. The Hall–Kier alpha value is -4.40. The van der Waals surface area contributed by atoms with Crippen LogP contribution in [0.15, 0.2) is 65.1 Å². The van der Waals surface area contributed by atoms with Crippen molar-refractivity contribution in [2.24, 2.45) is 0 Å². The summed E-state index contributed by atoms with van der Waals surface area (Å²) in [6, 6.07) is 17.6. The Morgan fingerprint density at radius 2 is 1.88 bits per heavy atom. The molecule has 174 valence electrons. The van der Waals surface area contributed by atoms with Crippen LogP contribution in [-0.2, 0) is 13.2 Å². The number of furan rings is 1. The van der Waals surface area contributed by atoms with Crippen molar-refractivity contribution in [2.45, 2.75) is 33.9 Å². The van der Waals surface area contributed by atoms with E-state index in [0.29, 0.717) is 23.6 Å². The Bertz CT molecular complexity index is 1340. The number of aryl methyl sites for hydroxylation is 2. The first-order valence-electron chi connectivity index (χ1n) is 10.7. The van der Waals surface area contributed by atoms with E-state index in [1.54, 1.807) is 25.1 Å². The number of hydrogen-bond acceptors (Lipinski definition) is 6. The van der Waals surface area contributed by atoms with Gasteiger partial charge in [0.05, 0.1) is 16.3 Å². The monoisotopic (exact) mass is 460 g/mol. The van der Waals surface area contributed by atoms with E-state index in [2.05, 4.69) is 10.4 Å². The molecule has 2 aromatic carbocycles. The minimum atomic E-state index is -0.438. The molecule has 2 heterocycles. The van der Waals surface area contributed by atoms with Crippen LogP contribution < -0.4 is 10.1 Å². The molecule has 0 aliphatic carbocycles. The third kappa shape index (κ3) is 4.83. The zero-order valence-corrected chi connectivity index (χ0v) is 19.1. The fraction of sp³-hybridized carbons (Fsp3) is 0.200. The molecule has 0 bridgehead atoms. The maximum atomic E-state index is 12.6. The number of nitro benzene ring substituents is 1. The third-order valence-electron chi connectivity index (χ3n) is 5.50. The molecule has 9 nitrogen and oxygen atoms in total. The predicted octanol–water partition coefficient (Wildman–Crippen LogP) is 4.81. The molecule has 0 radical (unpaired) electrons. The average Bonchev–Trinajstić information content (AvgIpc) is 3.41. The summed E-state index contributed by atoms with van der Waals surface area (Å²) in [4.78, 5) is 23.1. The molecule has 34 heavy (non-hydrogen) atoms. The second-order valence-electron chi connectivity index (χ2n) is 7.84. The van der Waals surface area contributed by atoms with Gasteiger partial charge in [-0.15, -0.1) is 0 Å². The molecule has 0 saturated heterocycles. The maximum Gasteiger partial charge on any atom is 0.287 e. The van der Waals surface area contributed by atoms with Crippen LogP contribution in [0, 0.1) is 30.9 Å². The highest BCUT2D eigenvalue weighted by Crippen LogP contribution is 2.24. The van der Waals surface area contributed by atoms with Gasteiger partial charge in [-0.1, -0.05) is 18.2 Å². The number of para-hydroxylation sites is 1. The van der Waals surface area contributed by atoms with Gasteiger partial charge in [-0.3, -0.25) is 14.9 Å². The van der Waals surface area contributed by atoms with Crippen LogP contribution in [0.3, 0.4) is 0 Å². The van der Waals surface area contributed by atoms with Gasteiger partial charge in [-0.2, -0.15) is 5.10 Å². The number of amides is 1. The van der Waals surface area contributed by atoms with Crippen LogP contribution >= 0.6 is 0 Å². The molecular formula is C25H24N4O5. The second kappa shape index (κ2) is 9.62. The summed E-state index contributed by atoms with van der Waals surface area (Å²) in [7, 11) is 0. The Labute approximate surface area is 196 Å². The number of ether oxygens (including phenoxy) is 1. The van der Waals surface area contributed by atoms with Crippen LogP contribution in [-0.4, -0.2) is 20.6 Å². The van der Waals surface area contributed by atoms with Gasteiger partial charge < -0.3 is 14.5 Å². The van der Waals surface area contributed by atoms with Crippen molar-refractivity contribution < 1.29 is 18.9 Å². The Morgan fingerprint density at radius 1 is 1.12 bits per heavy atom. The molecule has 0 atom stereocenters. The second-order valence-corrected chi connectivity index (χ2v) is 7.84. The number of carbonyl (C=O) groups excluding carboxylic acids is 1. The molecule has 2 aromatic heterocycles. The summed E-state index contributed by atoms with van der Waals surface area (Å²) in [5.74, 6) is 0.769. The van der Waals surface area contributed by atoms with Crippen LogP contribution in [0.1, 0.15) is 38.8 Å². The molecule has 0 fully saturated rings. The van der Waals surface area contributed by atoms with Crippen molar-refractivity contribution >= 4 is 11.6 Å². The van der Waals surface area contributed by atoms with E-state index < -0.39 is 4.92 Å². The van der Waals surface area contributed by atoms with E-state index in [1.165, 1.54) is 12.1 Å². The zero-order valence-electron chi connectivity index (χ0n) is 19.1. The lowest BCUT2D eigenvalue weighted by molar-refractivity contribution is -0.385. The number of nitrogens with zero attached hydrogens (tertiary/aromatic N) is 3. The van der Waals surface area contributed by atoms with Gasteiger partial charge >= 0.3 is 0 Å². The Kier molecular flexibility index (Phi) is 6.44. The summed E-state index contributed by atoms with van der Waals surface area (Å²) in [6.45, 7) is 5.94. The molecule has 1 N–H and O–H groups in total. The SMILES string of the molecule is Cc1cc(OCc2ccc(C(=O)NCc3c(C)nn(-c4ccccc4)c3C)o2)ccc1[N+](=O)[O-]. The Morgan fingerprint density at radius 3 is 2.59 bits per heavy atom. The number of carbonyl (C=O) groups is 1. The van der Waals surface area contributed by atoms with Gasteiger partial charge in [-0.25, -0.2) is 4.68 Å². The lowest BCUT2D eigenvalue weighted by atomic mass is 10.2. The molecule has 0 aliphatic rings. The van der Waals surface area contributed by atoms with Crippen molar-refractivity contribution in [3.8, 4) is 11.4 Å². The van der Waals surface area contributed by atoms with Gasteiger partial charge in [0.2, 0.25) is 0 Å². The molecule has 0 unspecified atom stereocenters. The minimum absolute atomic E-state index is 0.0316. The summed E-state index contributed by atoms with van der Waals surface area (Å²) in [5, 5.41) is 18.4. The smallest absolute Gasteiger partial charge is 0.287 e. The van der Waals surface area contributed by atoms with E-state index in [-0.39, 0.29) is 24.0 Å². The molecule has 0 aliphatic heterocycles. The summed E-state index contributed by atoms with van der Waals surface area (Å²) in [6.07, 6.45) is 0. The number of aromatic nitrogens is 2. The van der Waals surface area contributed by atoms with Crippen LogP contribution in [0.5, 0.6) is 5.75 Å². The van der Waals surface area contributed by atoms with E-state index in [1.807, 2.05) is 48.9 Å². The predicted molar refractivity (Wildman–Crippen MR) is 125 cm³/mol. The third-order valence-corrected chi connectivity index (χ3v) is 5.50. The molecule has 4 aromatic rings. The topological polar surface area (TPSA) is 112 Å². The molecule has 4 rings (SSSR count). The molecule has 9 heteroatoms. The average molecular weight is 460 g/mol. The summed E-state index contributed by atoms with van der Waals surface area (Å²) in [5.41, 5.74) is 4.23. The number of rotatable bonds is 8. The van der Waals surface area contributed by atoms with E-state index in [4.69, 9.17) is 9.15 Å². The van der Waals surface area contributed by atoms with Gasteiger partial charge in [0.1, 0.15) is 18.1 Å². The van der Waals surface area contributed by atoms with Gasteiger partial charge in [0.15, 0.2) is 5.76 Å². The van der Waals surface area contributed by atoms with Crippen LogP contribution in [0.4, 0.5) is 5.69 Å². The number of nitro groups is 1. The summed E-state index contributed by atoms with van der Waals surface area (Å²) >= 11 is 0. The maximum absolute atomic E-state index is 12.6. The van der Waals surface area contributed by atoms with Crippen LogP contribution in [0.25, 0.3) is 5.69 Å². The normalized spacial score (nSPS) is 10.8. The van der Waals surface area contributed by atoms with E-state index in [9.17, 15) is 14.9 Å². The summed E-state index contributed by atoms with van der Waals surface area (Å²) < 4.78 is 13.1. The highest BCUT2D eigenvalue weighted by molar-refractivity contribution is 5.91. The standard InChI is InChI=1S/C25H24N4O5/c1-16-13-20(9-11-23(16)29(31)32)33-15-21-10-12-24(34-21)25(30)26-14-22-17(2)27-28(18(22)3)19-7-5-4-6-8-19/h4-13H,14-15H2,1-3H3,(H,26,30). The molecule has 0 spiro atoms.